The van der Waals surface area contributed by atoms with Crippen molar-refractivity contribution in [3.63, 3.8) is 0 Å². The zero-order valence-corrected chi connectivity index (χ0v) is 17.9. The highest BCUT2D eigenvalue weighted by Gasteiger charge is 2.30. The summed E-state index contributed by atoms with van der Waals surface area (Å²) in [5.41, 5.74) is 0.436. The molecule has 1 saturated heterocycles. The van der Waals surface area contributed by atoms with Crippen LogP contribution in [-0.4, -0.2) is 52.8 Å². The van der Waals surface area contributed by atoms with Crippen LogP contribution in [0.4, 0.5) is 31.8 Å². The van der Waals surface area contributed by atoms with Gasteiger partial charge in [0.25, 0.3) is 0 Å². The van der Waals surface area contributed by atoms with Crippen molar-refractivity contribution in [2.45, 2.75) is 6.54 Å². The Morgan fingerprint density at radius 1 is 1.03 bits per heavy atom. The first-order chi connectivity index (χ1) is 16.5. The number of hydrogen-bond acceptors (Lipinski definition) is 9. The van der Waals surface area contributed by atoms with Crippen LogP contribution in [0.25, 0.3) is 0 Å². The van der Waals surface area contributed by atoms with Crippen molar-refractivity contribution in [1.82, 2.24) is 14.9 Å². The molecule has 0 atom stereocenters. The molecule has 3 heterocycles. The van der Waals surface area contributed by atoms with E-state index >= 15 is 0 Å². The average Bonchev–Trinajstić information content (AvgIpc) is 3.30. The van der Waals surface area contributed by atoms with Gasteiger partial charge in [-0.25, -0.2) is 18.7 Å². The highest BCUT2D eigenvalue weighted by Crippen LogP contribution is 2.35. The minimum atomic E-state index is -0.756. The predicted molar refractivity (Wildman–Crippen MR) is 118 cm³/mol. The number of benzene rings is 2. The van der Waals surface area contributed by atoms with Gasteiger partial charge < -0.3 is 19.7 Å². The van der Waals surface area contributed by atoms with Gasteiger partial charge in [0.1, 0.15) is 18.0 Å². The van der Waals surface area contributed by atoms with E-state index in [-0.39, 0.29) is 24.1 Å². The van der Waals surface area contributed by atoms with Crippen molar-refractivity contribution >= 4 is 23.0 Å². The first kappa shape index (κ1) is 21.8. The fourth-order valence-electron chi connectivity index (χ4n) is 4.00. The summed E-state index contributed by atoms with van der Waals surface area (Å²) in [6.45, 7) is 3.21. The second-order valence-electron chi connectivity index (χ2n) is 7.85. The highest BCUT2D eigenvalue weighted by atomic mass is 19.1. The van der Waals surface area contributed by atoms with Gasteiger partial charge in [-0.3, -0.25) is 15.0 Å². The third-order valence-electron chi connectivity index (χ3n) is 5.68. The SMILES string of the molecule is O=[N+]([O-])c1c(Nc2cc(F)ccc2F)ncnc1N1CCN(Cc2ccc3c(c2)OCO3)CC1. The lowest BCUT2D eigenvalue weighted by molar-refractivity contribution is -0.383. The molecule has 1 fully saturated rings. The van der Waals surface area contributed by atoms with Gasteiger partial charge in [-0.15, -0.1) is 0 Å². The molecule has 5 rings (SSSR count). The van der Waals surface area contributed by atoms with Crippen LogP contribution in [0.5, 0.6) is 11.5 Å². The molecular weight excluding hydrogens is 450 g/mol. The Balaban J connectivity index is 1.31. The minimum Gasteiger partial charge on any atom is -0.454 e. The number of fused-ring (bicyclic) bond motifs is 1. The summed E-state index contributed by atoms with van der Waals surface area (Å²) in [5, 5.41) is 14.4. The Labute approximate surface area is 192 Å². The van der Waals surface area contributed by atoms with E-state index in [0.717, 1.165) is 35.3 Å². The first-order valence-corrected chi connectivity index (χ1v) is 10.6. The largest absolute Gasteiger partial charge is 0.454 e. The molecule has 1 N–H and O–H groups in total. The molecule has 0 saturated carbocycles. The van der Waals surface area contributed by atoms with E-state index in [1.807, 2.05) is 18.2 Å². The summed E-state index contributed by atoms with van der Waals surface area (Å²) < 4.78 is 38.4. The van der Waals surface area contributed by atoms with Crippen molar-refractivity contribution in [3.05, 3.63) is 70.0 Å². The summed E-state index contributed by atoms with van der Waals surface area (Å²) in [5.74, 6) is -0.0635. The maximum Gasteiger partial charge on any atom is 0.353 e. The van der Waals surface area contributed by atoms with Gasteiger partial charge in [0.05, 0.1) is 10.6 Å². The van der Waals surface area contributed by atoms with Crippen LogP contribution in [0.1, 0.15) is 5.56 Å². The molecule has 34 heavy (non-hydrogen) atoms. The lowest BCUT2D eigenvalue weighted by Crippen LogP contribution is -2.46. The number of rotatable bonds is 6. The van der Waals surface area contributed by atoms with Gasteiger partial charge in [-0.1, -0.05) is 6.07 Å². The number of anilines is 3. The van der Waals surface area contributed by atoms with Crippen molar-refractivity contribution in [2.75, 3.05) is 43.2 Å². The van der Waals surface area contributed by atoms with Crippen LogP contribution in [0.3, 0.4) is 0 Å². The summed E-state index contributed by atoms with van der Waals surface area (Å²) in [6, 6.07) is 8.63. The normalized spacial score (nSPS) is 15.4. The Hall–Kier alpha value is -4.06. The molecule has 0 spiro atoms. The summed E-state index contributed by atoms with van der Waals surface area (Å²) in [6.07, 6.45) is 1.17. The number of nitrogens with one attached hydrogen (secondary N) is 1. The van der Waals surface area contributed by atoms with E-state index < -0.39 is 22.2 Å². The first-order valence-electron chi connectivity index (χ1n) is 10.6. The maximum atomic E-state index is 14.1. The molecule has 0 aliphatic carbocycles. The molecule has 2 aliphatic heterocycles. The number of aromatic nitrogens is 2. The Kier molecular flexibility index (Phi) is 5.80. The van der Waals surface area contributed by atoms with Gasteiger partial charge in [0, 0.05) is 38.8 Å². The number of hydrogen-bond donors (Lipinski definition) is 1. The van der Waals surface area contributed by atoms with E-state index in [0.29, 0.717) is 32.7 Å². The lowest BCUT2D eigenvalue weighted by atomic mass is 10.1. The fraction of sp³-hybridized carbons (Fsp3) is 0.273. The predicted octanol–water partition coefficient (Wildman–Crippen LogP) is 3.46. The van der Waals surface area contributed by atoms with Crippen LogP contribution in [0, 0.1) is 21.7 Å². The molecule has 3 aromatic rings. The second kappa shape index (κ2) is 9.06. The van der Waals surface area contributed by atoms with Crippen LogP contribution < -0.4 is 19.7 Å². The summed E-state index contributed by atoms with van der Waals surface area (Å²) in [7, 11) is 0. The number of ether oxygens (including phenoxy) is 2. The second-order valence-corrected chi connectivity index (χ2v) is 7.85. The van der Waals surface area contributed by atoms with Crippen molar-refractivity contribution in [3.8, 4) is 11.5 Å². The summed E-state index contributed by atoms with van der Waals surface area (Å²) in [4.78, 5) is 23.3. The van der Waals surface area contributed by atoms with Gasteiger partial charge in [-0.05, 0) is 29.8 Å². The van der Waals surface area contributed by atoms with Crippen LogP contribution in [0.15, 0.2) is 42.7 Å². The van der Waals surface area contributed by atoms with Crippen LogP contribution in [-0.2, 0) is 6.54 Å². The molecule has 0 amide bonds. The number of nitro groups is 1. The molecule has 176 valence electrons. The third kappa shape index (κ3) is 4.39. The Morgan fingerprint density at radius 3 is 2.62 bits per heavy atom. The lowest BCUT2D eigenvalue weighted by Gasteiger charge is -2.35. The molecule has 1 aromatic heterocycles. The monoisotopic (exact) mass is 470 g/mol. The number of halogens is 2. The fourth-order valence-corrected chi connectivity index (χ4v) is 4.00. The Morgan fingerprint density at radius 2 is 1.82 bits per heavy atom. The highest BCUT2D eigenvalue weighted by molar-refractivity contribution is 5.74. The molecule has 0 radical (unpaired) electrons. The van der Waals surface area contributed by atoms with Gasteiger partial charge in [0.2, 0.25) is 18.4 Å². The molecule has 10 nitrogen and oxygen atoms in total. The van der Waals surface area contributed by atoms with Crippen LogP contribution >= 0.6 is 0 Å². The van der Waals surface area contributed by atoms with Crippen LogP contribution in [0.2, 0.25) is 0 Å². The molecule has 2 aliphatic rings. The van der Waals surface area contributed by atoms with E-state index in [2.05, 4.69) is 20.2 Å². The maximum absolute atomic E-state index is 14.1. The van der Waals surface area contributed by atoms with Crippen molar-refractivity contribution in [2.24, 2.45) is 0 Å². The molecule has 12 heteroatoms. The Bertz CT molecular complexity index is 1240. The van der Waals surface area contributed by atoms with Gasteiger partial charge in [-0.2, -0.15) is 0 Å². The third-order valence-corrected chi connectivity index (χ3v) is 5.68. The number of piperazine rings is 1. The quantitative estimate of drug-likeness (QED) is 0.428. The smallest absolute Gasteiger partial charge is 0.353 e. The molecular formula is C22H20F2N6O4. The molecule has 0 unspecified atom stereocenters. The number of nitrogens with zero attached hydrogens (tertiary/aromatic N) is 5. The van der Waals surface area contributed by atoms with E-state index in [4.69, 9.17) is 9.47 Å². The standard InChI is InChI=1S/C22H20F2N6O4/c23-15-2-3-16(24)17(10-15)27-21-20(30(31)32)22(26-12-25-21)29-7-5-28(6-8-29)11-14-1-4-18-19(9-14)34-13-33-18/h1-4,9-10,12H,5-8,11,13H2,(H,25,26,27). The van der Waals surface area contributed by atoms with Crippen molar-refractivity contribution < 1.29 is 23.2 Å². The van der Waals surface area contributed by atoms with Gasteiger partial charge in [0.15, 0.2) is 11.5 Å². The topological polar surface area (TPSA) is 106 Å². The average molecular weight is 470 g/mol. The molecule has 0 bridgehead atoms. The van der Waals surface area contributed by atoms with E-state index in [1.54, 1.807) is 4.90 Å². The van der Waals surface area contributed by atoms with E-state index in [1.165, 1.54) is 6.33 Å². The molecule has 2 aromatic carbocycles. The zero-order chi connectivity index (χ0) is 23.7. The van der Waals surface area contributed by atoms with Gasteiger partial charge >= 0.3 is 5.69 Å². The van der Waals surface area contributed by atoms with Crippen molar-refractivity contribution in [1.29, 1.82) is 0 Å². The minimum absolute atomic E-state index is 0.127. The van der Waals surface area contributed by atoms with E-state index in [9.17, 15) is 18.9 Å². The summed E-state index contributed by atoms with van der Waals surface area (Å²) >= 11 is 0. The zero-order valence-electron chi connectivity index (χ0n) is 17.9.